The maximum absolute atomic E-state index is 12.4. The number of hydrogen-bond acceptors (Lipinski definition) is 6. The maximum atomic E-state index is 12.4. The normalized spacial score (nSPS) is 11.0. The lowest BCUT2D eigenvalue weighted by Gasteiger charge is -2.08. The van der Waals surface area contributed by atoms with E-state index in [0.29, 0.717) is 23.0 Å². The molecule has 0 radical (unpaired) electrons. The Hall–Kier alpha value is -2.97. The predicted molar refractivity (Wildman–Crippen MR) is 122 cm³/mol. The van der Waals surface area contributed by atoms with Crippen molar-refractivity contribution < 1.29 is 9.59 Å². The molecule has 0 saturated carbocycles. The van der Waals surface area contributed by atoms with Gasteiger partial charge in [0.1, 0.15) is 0 Å². The van der Waals surface area contributed by atoms with E-state index in [0.717, 1.165) is 16.8 Å². The minimum absolute atomic E-state index is 0.0370. The van der Waals surface area contributed by atoms with Crippen molar-refractivity contribution in [3.05, 3.63) is 59.5 Å². The van der Waals surface area contributed by atoms with Gasteiger partial charge in [-0.05, 0) is 32.0 Å². The molecule has 4 aromatic rings. The van der Waals surface area contributed by atoms with Crippen LogP contribution in [0, 0.1) is 0 Å². The molecule has 152 valence electrons. The predicted octanol–water partition coefficient (Wildman–Crippen LogP) is 5.11. The average molecular weight is 437 g/mol. The van der Waals surface area contributed by atoms with E-state index in [-0.39, 0.29) is 17.4 Å². The monoisotopic (exact) mass is 436 g/mol. The summed E-state index contributed by atoms with van der Waals surface area (Å²) in [5.41, 5.74) is 2.23. The third kappa shape index (κ3) is 4.15. The first-order valence-corrected chi connectivity index (χ1v) is 11.4. The second-order valence-electron chi connectivity index (χ2n) is 6.67. The molecule has 2 aromatic carbocycles. The summed E-state index contributed by atoms with van der Waals surface area (Å²) >= 11 is 3.03. The molecule has 0 saturated heterocycles. The fourth-order valence-corrected chi connectivity index (χ4v) is 4.92. The lowest BCUT2D eigenvalue weighted by Crippen LogP contribution is -2.15. The minimum atomic E-state index is -0.158. The molecule has 0 atom stereocenters. The van der Waals surface area contributed by atoms with Crippen molar-refractivity contribution in [1.29, 1.82) is 0 Å². The van der Waals surface area contributed by atoms with Gasteiger partial charge in [0.15, 0.2) is 16.8 Å². The lowest BCUT2D eigenvalue weighted by molar-refractivity contribution is -0.113. The number of thiophene rings is 1. The van der Waals surface area contributed by atoms with Crippen molar-refractivity contribution >= 4 is 50.6 Å². The number of nitrogens with zero attached hydrogens (tertiary/aromatic N) is 3. The van der Waals surface area contributed by atoms with Gasteiger partial charge in [-0.25, -0.2) is 0 Å². The van der Waals surface area contributed by atoms with Crippen LogP contribution in [0.3, 0.4) is 0 Å². The van der Waals surface area contributed by atoms with Crippen LogP contribution >= 0.6 is 23.1 Å². The van der Waals surface area contributed by atoms with Gasteiger partial charge >= 0.3 is 0 Å². The standard InChI is InChI=1S/C22H20N4O2S2/c1-3-26-21(18-12-29-19-10-5-4-9-17(18)19)24-25-22(26)30-13-20(28)23-16-8-6-7-15(11-16)14(2)27/h4-12H,3,13H2,1-2H3,(H,23,28). The van der Waals surface area contributed by atoms with Gasteiger partial charge in [-0.15, -0.1) is 21.5 Å². The van der Waals surface area contributed by atoms with Crippen LogP contribution in [0.4, 0.5) is 5.69 Å². The Morgan fingerprint density at radius 2 is 1.97 bits per heavy atom. The Balaban J connectivity index is 1.48. The third-order valence-electron chi connectivity index (χ3n) is 4.64. The number of carbonyl (C=O) groups excluding carboxylic acids is 2. The molecule has 0 fully saturated rings. The van der Waals surface area contributed by atoms with Gasteiger partial charge < -0.3 is 9.88 Å². The summed E-state index contributed by atoms with van der Waals surface area (Å²) in [5.74, 6) is 0.818. The molecule has 0 aliphatic heterocycles. The first-order valence-electron chi connectivity index (χ1n) is 9.50. The molecule has 0 spiro atoms. The highest BCUT2D eigenvalue weighted by Crippen LogP contribution is 2.34. The van der Waals surface area contributed by atoms with Crippen molar-refractivity contribution in [2.45, 2.75) is 25.5 Å². The first-order chi connectivity index (χ1) is 14.6. The van der Waals surface area contributed by atoms with Crippen LogP contribution in [0.2, 0.25) is 0 Å². The van der Waals surface area contributed by atoms with Crippen LogP contribution in [0.15, 0.2) is 59.1 Å². The lowest BCUT2D eigenvalue weighted by atomic mass is 10.1. The number of anilines is 1. The van der Waals surface area contributed by atoms with Gasteiger partial charge in [-0.2, -0.15) is 0 Å². The summed E-state index contributed by atoms with van der Waals surface area (Å²) < 4.78 is 3.24. The number of hydrogen-bond donors (Lipinski definition) is 1. The van der Waals surface area contributed by atoms with Crippen LogP contribution in [-0.2, 0) is 11.3 Å². The number of ketones is 1. The van der Waals surface area contributed by atoms with E-state index in [2.05, 4.69) is 33.0 Å². The first kappa shape index (κ1) is 20.3. The zero-order valence-electron chi connectivity index (χ0n) is 16.6. The van der Waals surface area contributed by atoms with Crippen molar-refractivity contribution in [3.63, 3.8) is 0 Å². The van der Waals surface area contributed by atoms with Crippen LogP contribution < -0.4 is 5.32 Å². The second-order valence-corrected chi connectivity index (χ2v) is 8.52. The summed E-state index contributed by atoms with van der Waals surface area (Å²) in [4.78, 5) is 23.9. The molecule has 0 aliphatic rings. The molecule has 0 bridgehead atoms. The van der Waals surface area contributed by atoms with Crippen molar-refractivity contribution in [1.82, 2.24) is 14.8 Å². The minimum Gasteiger partial charge on any atom is -0.325 e. The SMILES string of the molecule is CCn1c(SCC(=O)Nc2cccc(C(C)=O)c2)nnc1-c1csc2ccccc12. The van der Waals surface area contributed by atoms with Crippen LogP contribution in [0.25, 0.3) is 21.5 Å². The smallest absolute Gasteiger partial charge is 0.234 e. The number of rotatable bonds is 7. The van der Waals surface area contributed by atoms with Gasteiger partial charge in [-0.3, -0.25) is 9.59 Å². The Kier molecular flexibility index (Phi) is 5.96. The number of nitrogens with one attached hydrogen (secondary N) is 1. The molecule has 0 unspecified atom stereocenters. The Morgan fingerprint density at radius 3 is 2.77 bits per heavy atom. The topological polar surface area (TPSA) is 76.9 Å². The van der Waals surface area contributed by atoms with E-state index < -0.39 is 0 Å². The van der Waals surface area contributed by atoms with Crippen LogP contribution in [0.1, 0.15) is 24.2 Å². The molecule has 30 heavy (non-hydrogen) atoms. The summed E-state index contributed by atoms with van der Waals surface area (Å²) in [6, 6.07) is 15.2. The van der Waals surface area contributed by atoms with E-state index >= 15 is 0 Å². The highest BCUT2D eigenvalue weighted by molar-refractivity contribution is 7.99. The Morgan fingerprint density at radius 1 is 1.13 bits per heavy atom. The maximum Gasteiger partial charge on any atom is 0.234 e. The van der Waals surface area contributed by atoms with Gasteiger partial charge in [0.25, 0.3) is 0 Å². The molecule has 4 rings (SSSR count). The number of amides is 1. The number of carbonyl (C=O) groups is 2. The van der Waals surface area contributed by atoms with Crippen molar-refractivity contribution in [3.8, 4) is 11.4 Å². The van der Waals surface area contributed by atoms with Gasteiger partial charge in [0, 0.05) is 38.8 Å². The summed E-state index contributed by atoms with van der Waals surface area (Å²) in [6.07, 6.45) is 0. The Bertz CT molecular complexity index is 1230. The molecular formula is C22H20N4O2S2. The molecule has 6 nitrogen and oxygen atoms in total. The zero-order chi connectivity index (χ0) is 21.1. The van der Waals surface area contributed by atoms with Gasteiger partial charge in [0.2, 0.25) is 5.91 Å². The number of Topliss-reactive ketones (excluding diaryl/α,β-unsaturated/α-hetero) is 1. The fourth-order valence-electron chi connectivity index (χ4n) is 3.17. The number of aromatic nitrogens is 3. The quantitative estimate of drug-likeness (QED) is 0.322. The van der Waals surface area contributed by atoms with Gasteiger partial charge in [0.05, 0.1) is 5.75 Å². The highest BCUT2D eigenvalue weighted by atomic mass is 32.2. The van der Waals surface area contributed by atoms with E-state index in [4.69, 9.17) is 0 Å². The molecule has 8 heteroatoms. The summed E-state index contributed by atoms with van der Waals surface area (Å²) in [7, 11) is 0. The highest BCUT2D eigenvalue weighted by Gasteiger charge is 2.17. The van der Waals surface area contributed by atoms with Crippen LogP contribution in [0.5, 0.6) is 0 Å². The summed E-state index contributed by atoms with van der Waals surface area (Å²) in [5, 5.41) is 15.5. The third-order valence-corrected chi connectivity index (χ3v) is 6.57. The van der Waals surface area contributed by atoms with Crippen molar-refractivity contribution in [2.24, 2.45) is 0 Å². The zero-order valence-corrected chi connectivity index (χ0v) is 18.2. The van der Waals surface area contributed by atoms with E-state index in [1.54, 1.807) is 35.6 Å². The van der Waals surface area contributed by atoms with Gasteiger partial charge in [-0.1, -0.05) is 42.1 Å². The number of fused-ring (bicyclic) bond motifs is 1. The molecule has 1 N–H and O–H groups in total. The fraction of sp³-hybridized carbons (Fsp3) is 0.182. The largest absolute Gasteiger partial charge is 0.325 e. The van der Waals surface area contributed by atoms with E-state index in [1.807, 2.05) is 23.6 Å². The second kappa shape index (κ2) is 8.81. The molecule has 0 aliphatic carbocycles. The molecule has 1 amide bonds. The molecular weight excluding hydrogens is 416 g/mol. The molecule has 2 heterocycles. The van der Waals surface area contributed by atoms with Crippen molar-refractivity contribution in [2.75, 3.05) is 11.1 Å². The van der Waals surface area contributed by atoms with Crippen LogP contribution in [-0.4, -0.2) is 32.2 Å². The average Bonchev–Trinajstić information content (AvgIpc) is 3.35. The Labute approximate surface area is 182 Å². The summed E-state index contributed by atoms with van der Waals surface area (Å²) in [6.45, 7) is 4.25. The number of benzene rings is 2. The van der Waals surface area contributed by atoms with E-state index in [1.165, 1.54) is 23.4 Å². The molecule has 2 aromatic heterocycles. The van der Waals surface area contributed by atoms with E-state index in [9.17, 15) is 9.59 Å². The number of thioether (sulfide) groups is 1.